The van der Waals surface area contributed by atoms with E-state index in [1.807, 2.05) is 0 Å². The summed E-state index contributed by atoms with van der Waals surface area (Å²) in [6.45, 7) is 0.159. The number of rotatable bonds is 3. The largest absolute Gasteiger partial charge is 0.458 e. The Labute approximate surface area is 93.0 Å². The maximum absolute atomic E-state index is 11.5. The first-order chi connectivity index (χ1) is 7.75. The fourth-order valence-corrected chi connectivity index (χ4v) is 1.54. The molecule has 0 bridgehead atoms. The maximum Gasteiger partial charge on any atom is 0.357 e. The summed E-state index contributed by atoms with van der Waals surface area (Å²) in [4.78, 5) is 15.4. The highest BCUT2D eigenvalue weighted by atomic mass is 16.6. The highest BCUT2D eigenvalue weighted by Gasteiger charge is 2.24. The minimum atomic E-state index is -0.724. The molecule has 1 aliphatic rings. The third-order valence-electron chi connectivity index (χ3n) is 2.36. The Morgan fingerprint density at radius 3 is 3.06 bits per heavy atom. The standard InChI is InChI=1S/C11H13NO4/c13-10-5-4-8(16-10)7-15-11(14)9-3-1-2-6-12-9/h1-3,6,8,10,13H,4-5,7H2. The summed E-state index contributed by atoms with van der Waals surface area (Å²) in [5.74, 6) is -0.467. The lowest BCUT2D eigenvalue weighted by molar-refractivity contribution is -0.103. The number of aliphatic hydroxyl groups excluding tert-OH is 1. The zero-order chi connectivity index (χ0) is 11.4. The Morgan fingerprint density at radius 1 is 1.56 bits per heavy atom. The van der Waals surface area contributed by atoms with Crippen molar-refractivity contribution in [3.05, 3.63) is 30.1 Å². The molecular weight excluding hydrogens is 210 g/mol. The van der Waals surface area contributed by atoms with Crippen LogP contribution in [0.15, 0.2) is 24.4 Å². The molecule has 0 spiro atoms. The minimum Gasteiger partial charge on any atom is -0.458 e. The molecule has 86 valence electrons. The van der Waals surface area contributed by atoms with Crippen molar-refractivity contribution in [2.24, 2.45) is 0 Å². The fraction of sp³-hybridized carbons (Fsp3) is 0.455. The Morgan fingerprint density at radius 2 is 2.44 bits per heavy atom. The Balaban J connectivity index is 1.80. The molecule has 5 heteroatoms. The normalized spacial score (nSPS) is 24.3. The van der Waals surface area contributed by atoms with Crippen LogP contribution in [0, 0.1) is 0 Å². The van der Waals surface area contributed by atoms with Crippen LogP contribution in [0.25, 0.3) is 0 Å². The second-order valence-corrected chi connectivity index (χ2v) is 3.60. The van der Waals surface area contributed by atoms with E-state index in [4.69, 9.17) is 14.6 Å². The molecule has 1 fully saturated rings. The van der Waals surface area contributed by atoms with Crippen LogP contribution in [0.3, 0.4) is 0 Å². The van der Waals surface area contributed by atoms with E-state index in [1.54, 1.807) is 18.2 Å². The number of nitrogens with zero attached hydrogens (tertiary/aromatic N) is 1. The van der Waals surface area contributed by atoms with Gasteiger partial charge in [-0.25, -0.2) is 9.78 Å². The van der Waals surface area contributed by atoms with Crippen LogP contribution < -0.4 is 0 Å². The molecular formula is C11H13NO4. The monoisotopic (exact) mass is 223 g/mol. The van der Waals surface area contributed by atoms with E-state index in [1.165, 1.54) is 6.20 Å². The summed E-state index contributed by atoms with van der Waals surface area (Å²) in [5, 5.41) is 9.11. The number of carbonyl (C=O) groups excluding carboxylic acids is 1. The van der Waals surface area contributed by atoms with E-state index in [0.29, 0.717) is 12.8 Å². The highest BCUT2D eigenvalue weighted by Crippen LogP contribution is 2.17. The van der Waals surface area contributed by atoms with Gasteiger partial charge < -0.3 is 14.6 Å². The van der Waals surface area contributed by atoms with Gasteiger partial charge in [-0.15, -0.1) is 0 Å². The summed E-state index contributed by atoms with van der Waals surface area (Å²) < 4.78 is 10.1. The molecule has 2 unspecified atom stereocenters. The quantitative estimate of drug-likeness (QED) is 0.765. The number of pyridine rings is 1. The molecule has 2 heterocycles. The van der Waals surface area contributed by atoms with Crippen LogP contribution in [0.5, 0.6) is 0 Å². The van der Waals surface area contributed by atoms with Gasteiger partial charge in [0.1, 0.15) is 12.3 Å². The van der Waals surface area contributed by atoms with Crippen molar-refractivity contribution in [1.29, 1.82) is 0 Å². The van der Waals surface area contributed by atoms with E-state index in [9.17, 15) is 4.79 Å². The van der Waals surface area contributed by atoms with Crippen LogP contribution >= 0.6 is 0 Å². The average Bonchev–Trinajstić information content (AvgIpc) is 2.73. The first-order valence-electron chi connectivity index (χ1n) is 5.17. The molecule has 2 atom stereocenters. The molecule has 1 aliphatic heterocycles. The first kappa shape index (κ1) is 11.0. The van der Waals surface area contributed by atoms with Gasteiger partial charge in [0.15, 0.2) is 6.29 Å². The molecule has 5 nitrogen and oxygen atoms in total. The topological polar surface area (TPSA) is 68.7 Å². The number of ether oxygens (including phenoxy) is 2. The number of esters is 1. The summed E-state index contributed by atoms with van der Waals surface area (Å²) >= 11 is 0. The first-order valence-corrected chi connectivity index (χ1v) is 5.17. The van der Waals surface area contributed by atoms with Gasteiger partial charge in [-0.05, 0) is 18.6 Å². The molecule has 0 radical (unpaired) electrons. The molecule has 0 aliphatic carbocycles. The van der Waals surface area contributed by atoms with E-state index >= 15 is 0 Å². The third kappa shape index (κ3) is 2.77. The van der Waals surface area contributed by atoms with Crippen molar-refractivity contribution in [2.45, 2.75) is 25.2 Å². The third-order valence-corrected chi connectivity index (χ3v) is 2.36. The van der Waals surface area contributed by atoms with E-state index in [2.05, 4.69) is 4.98 Å². The number of hydrogen-bond acceptors (Lipinski definition) is 5. The second kappa shape index (κ2) is 5.05. The molecule has 0 aromatic carbocycles. The van der Waals surface area contributed by atoms with Gasteiger partial charge in [-0.3, -0.25) is 0 Å². The van der Waals surface area contributed by atoms with Crippen LogP contribution in [-0.4, -0.2) is 35.1 Å². The molecule has 1 aromatic rings. The molecule has 1 saturated heterocycles. The smallest absolute Gasteiger partial charge is 0.357 e. The SMILES string of the molecule is O=C(OCC1CCC(O)O1)c1ccccn1. The van der Waals surface area contributed by atoms with Crippen molar-refractivity contribution in [1.82, 2.24) is 4.98 Å². The summed E-state index contributed by atoms with van der Waals surface area (Å²) in [6.07, 6.45) is 1.90. The lowest BCUT2D eigenvalue weighted by Crippen LogP contribution is -2.20. The Bertz CT molecular complexity index is 354. The van der Waals surface area contributed by atoms with Gasteiger partial charge in [-0.1, -0.05) is 6.07 Å². The van der Waals surface area contributed by atoms with Crippen molar-refractivity contribution in [3.63, 3.8) is 0 Å². The van der Waals surface area contributed by atoms with Gasteiger partial charge in [0.2, 0.25) is 0 Å². The molecule has 2 rings (SSSR count). The number of carbonyl (C=O) groups is 1. The summed E-state index contributed by atoms with van der Waals surface area (Å²) in [7, 11) is 0. The maximum atomic E-state index is 11.5. The van der Waals surface area contributed by atoms with Gasteiger partial charge in [0.25, 0.3) is 0 Å². The van der Waals surface area contributed by atoms with Gasteiger partial charge in [0, 0.05) is 12.6 Å². The lowest BCUT2D eigenvalue weighted by atomic mass is 10.2. The van der Waals surface area contributed by atoms with Crippen LogP contribution in [0.1, 0.15) is 23.3 Å². The zero-order valence-corrected chi connectivity index (χ0v) is 8.70. The fourth-order valence-electron chi connectivity index (χ4n) is 1.54. The molecule has 1 N–H and O–H groups in total. The highest BCUT2D eigenvalue weighted by molar-refractivity contribution is 5.87. The number of hydrogen-bond donors (Lipinski definition) is 1. The molecule has 0 saturated carbocycles. The molecule has 16 heavy (non-hydrogen) atoms. The van der Waals surface area contributed by atoms with E-state index in [0.717, 1.165) is 0 Å². The molecule has 1 aromatic heterocycles. The predicted molar refractivity (Wildman–Crippen MR) is 54.6 cm³/mol. The van der Waals surface area contributed by atoms with Crippen LogP contribution in [0.4, 0.5) is 0 Å². The molecule has 0 amide bonds. The van der Waals surface area contributed by atoms with Crippen LogP contribution in [-0.2, 0) is 9.47 Å². The van der Waals surface area contributed by atoms with Crippen molar-refractivity contribution < 1.29 is 19.4 Å². The van der Waals surface area contributed by atoms with E-state index < -0.39 is 12.3 Å². The zero-order valence-electron chi connectivity index (χ0n) is 8.70. The van der Waals surface area contributed by atoms with Gasteiger partial charge in [0.05, 0.1) is 6.10 Å². The lowest BCUT2D eigenvalue weighted by Gasteiger charge is -2.10. The number of aromatic nitrogens is 1. The minimum absolute atomic E-state index is 0.159. The second-order valence-electron chi connectivity index (χ2n) is 3.60. The summed E-state index contributed by atoms with van der Waals surface area (Å²) in [5.41, 5.74) is 0.279. The van der Waals surface area contributed by atoms with Crippen molar-refractivity contribution >= 4 is 5.97 Å². The van der Waals surface area contributed by atoms with Crippen molar-refractivity contribution in [3.8, 4) is 0 Å². The van der Waals surface area contributed by atoms with Crippen LogP contribution in [0.2, 0.25) is 0 Å². The average molecular weight is 223 g/mol. The predicted octanol–water partition coefficient (Wildman–Crippen LogP) is 0.736. The van der Waals surface area contributed by atoms with Gasteiger partial charge in [-0.2, -0.15) is 0 Å². The van der Waals surface area contributed by atoms with Crippen molar-refractivity contribution in [2.75, 3.05) is 6.61 Å². The summed E-state index contributed by atoms with van der Waals surface area (Å²) in [6, 6.07) is 5.04. The number of aliphatic hydroxyl groups is 1. The Hall–Kier alpha value is -1.46. The Kier molecular flexibility index (Phi) is 3.48. The van der Waals surface area contributed by atoms with E-state index in [-0.39, 0.29) is 18.4 Å². The van der Waals surface area contributed by atoms with Gasteiger partial charge >= 0.3 is 5.97 Å².